The average molecular weight is 302 g/mol. The molecule has 21 heavy (non-hydrogen) atoms. The minimum absolute atomic E-state index is 0.121. The van der Waals surface area contributed by atoms with Crippen LogP contribution in [0.2, 0.25) is 0 Å². The number of nitrogens with zero attached hydrogens (tertiary/aromatic N) is 2. The summed E-state index contributed by atoms with van der Waals surface area (Å²) in [7, 11) is 0. The first-order chi connectivity index (χ1) is 9.77. The Morgan fingerprint density at radius 2 is 2.10 bits per heavy atom. The smallest absolute Gasteiger partial charge is 0.382 e. The van der Waals surface area contributed by atoms with Gasteiger partial charge >= 0.3 is 6.18 Å². The van der Waals surface area contributed by atoms with Crippen LogP contribution in [0.3, 0.4) is 0 Å². The number of benzene rings is 1. The molecule has 1 aromatic carbocycles. The van der Waals surface area contributed by atoms with Gasteiger partial charge in [-0.15, -0.1) is 0 Å². The first-order valence-corrected chi connectivity index (χ1v) is 6.48. The SMILES string of the molecule is Cc1c(N2CCC[C@H]2[C@@H](O)C(F)(F)F)ccc(C#N)c1F. The second-order valence-corrected chi connectivity index (χ2v) is 5.07. The van der Waals surface area contributed by atoms with Crippen molar-refractivity contribution in [1.82, 2.24) is 0 Å². The third-order valence-electron chi connectivity index (χ3n) is 3.79. The normalized spacial score (nSPS) is 20.4. The zero-order valence-electron chi connectivity index (χ0n) is 11.3. The second-order valence-electron chi connectivity index (χ2n) is 5.07. The van der Waals surface area contributed by atoms with E-state index in [2.05, 4.69) is 0 Å². The van der Waals surface area contributed by atoms with Gasteiger partial charge in [0.15, 0.2) is 6.10 Å². The number of aliphatic hydroxyl groups is 1. The summed E-state index contributed by atoms with van der Waals surface area (Å²) in [5.41, 5.74) is 0.260. The number of rotatable bonds is 2. The largest absolute Gasteiger partial charge is 0.416 e. The molecule has 114 valence electrons. The van der Waals surface area contributed by atoms with E-state index < -0.39 is 24.1 Å². The fourth-order valence-electron chi connectivity index (χ4n) is 2.71. The first kappa shape index (κ1) is 15.6. The molecule has 2 atom stereocenters. The Kier molecular flexibility index (Phi) is 4.10. The minimum atomic E-state index is -4.72. The van der Waals surface area contributed by atoms with Crippen LogP contribution in [0.4, 0.5) is 23.2 Å². The van der Waals surface area contributed by atoms with Gasteiger partial charge in [0, 0.05) is 17.8 Å². The molecule has 0 aliphatic carbocycles. The van der Waals surface area contributed by atoms with Gasteiger partial charge in [0.2, 0.25) is 0 Å². The van der Waals surface area contributed by atoms with E-state index in [1.54, 1.807) is 6.07 Å². The average Bonchev–Trinajstić information content (AvgIpc) is 2.88. The minimum Gasteiger partial charge on any atom is -0.382 e. The number of halogens is 4. The van der Waals surface area contributed by atoms with E-state index in [0.717, 1.165) is 0 Å². The summed E-state index contributed by atoms with van der Waals surface area (Å²) in [5, 5.41) is 18.2. The highest BCUT2D eigenvalue weighted by Gasteiger charge is 2.47. The van der Waals surface area contributed by atoms with Crippen molar-refractivity contribution in [2.75, 3.05) is 11.4 Å². The Hall–Kier alpha value is -1.81. The predicted octanol–water partition coefficient (Wildman–Crippen LogP) is 2.90. The van der Waals surface area contributed by atoms with E-state index in [-0.39, 0.29) is 23.2 Å². The summed E-state index contributed by atoms with van der Waals surface area (Å²) in [6, 6.07) is 3.23. The Morgan fingerprint density at radius 3 is 2.67 bits per heavy atom. The Bertz CT molecular complexity index is 580. The van der Waals surface area contributed by atoms with Crippen molar-refractivity contribution >= 4 is 5.69 Å². The van der Waals surface area contributed by atoms with Crippen LogP contribution < -0.4 is 4.90 Å². The van der Waals surface area contributed by atoms with Gasteiger partial charge in [-0.3, -0.25) is 0 Å². The Balaban J connectivity index is 2.38. The van der Waals surface area contributed by atoms with Crippen LogP contribution >= 0.6 is 0 Å². The molecule has 1 aliphatic heterocycles. The fraction of sp³-hybridized carbons (Fsp3) is 0.500. The van der Waals surface area contributed by atoms with Crippen molar-refractivity contribution in [1.29, 1.82) is 5.26 Å². The van der Waals surface area contributed by atoms with Crippen molar-refractivity contribution in [3.63, 3.8) is 0 Å². The lowest BCUT2D eigenvalue weighted by Crippen LogP contribution is -2.47. The summed E-state index contributed by atoms with van der Waals surface area (Å²) in [4.78, 5) is 1.37. The fourth-order valence-corrected chi connectivity index (χ4v) is 2.71. The van der Waals surface area contributed by atoms with E-state index >= 15 is 0 Å². The van der Waals surface area contributed by atoms with Crippen LogP contribution in [0, 0.1) is 24.1 Å². The van der Waals surface area contributed by atoms with Gasteiger partial charge in [-0.1, -0.05) is 0 Å². The van der Waals surface area contributed by atoms with Gasteiger partial charge in [0.1, 0.15) is 11.9 Å². The zero-order chi connectivity index (χ0) is 15.8. The van der Waals surface area contributed by atoms with E-state index in [1.807, 2.05) is 0 Å². The molecule has 0 amide bonds. The van der Waals surface area contributed by atoms with Crippen LogP contribution in [-0.4, -0.2) is 30.0 Å². The standard InChI is InChI=1S/C14H14F4N2O/c1-8-10(5-4-9(7-19)12(8)15)20-6-2-3-11(20)13(21)14(16,17)18/h4-5,11,13,21H,2-3,6H2,1H3/t11-,13+/m0/s1. The Labute approximate surface area is 119 Å². The quantitative estimate of drug-likeness (QED) is 0.855. The van der Waals surface area contributed by atoms with Gasteiger partial charge in [-0.25, -0.2) is 4.39 Å². The lowest BCUT2D eigenvalue weighted by atomic mass is 10.0. The van der Waals surface area contributed by atoms with Crippen molar-refractivity contribution in [2.24, 2.45) is 0 Å². The maximum Gasteiger partial charge on any atom is 0.416 e. The number of hydrogen-bond donors (Lipinski definition) is 1. The summed E-state index contributed by atoms with van der Waals surface area (Å²) in [6.07, 6.45) is -6.52. The summed E-state index contributed by atoms with van der Waals surface area (Å²) in [5.74, 6) is -0.734. The molecule has 0 bridgehead atoms. The van der Waals surface area contributed by atoms with Crippen molar-refractivity contribution in [2.45, 2.75) is 38.1 Å². The van der Waals surface area contributed by atoms with Crippen molar-refractivity contribution in [3.8, 4) is 6.07 Å². The molecule has 1 fully saturated rings. The highest BCUT2D eigenvalue weighted by Crippen LogP contribution is 2.36. The number of nitriles is 1. The predicted molar refractivity (Wildman–Crippen MR) is 68.3 cm³/mol. The van der Waals surface area contributed by atoms with Crippen LogP contribution in [0.15, 0.2) is 12.1 Å². The van der Waals surface area contributed by atoms with Gasteiger partial charge in [-0.05, 0) is 31.9 Å². The molecule has 1 N–H and O–H groups in total. The molecule has 3 nitrogen and oxygen atoms in total. The molecule has 0 radical (unpaired) electrons. The number of aliphatic hydroxyl groups excluding tert-OH is 1. The molecule has 7 heteroatoms. The van der Waals surface area contributed by atoms with E-state index in [0.29, 0.717) is 13.0 Å². The topological polar surface area (TPSA) is 47.3 Å². The molecule has 0 saturated carbocycles. The Morgan fingerprint density at radius 1 is 1.43 bits per heavy atom. The van der Waals surface area contributed by atoms with Gasteiger partial charge in [-0.2, -0.15) is 18.4 Å². The molecule has 1 heterocycles. The highest BCUT2D eigenvalue weighted by molar-refractivity contribution is 5.58. The maximum atomic E-state index is 13.9. The first-order valence-electron chi connectivity index (χ1n) is 6.48. The molecule has 0 unspecified atom stereocenters. The highest BCUT2D eigenvalue weighted by atomic mass is 19.4. The monoisotopic (exact) mass is 302 g/mol. The van der Waals surface area contributed by atoms with Gasteiger partial charge in [0.05, 0.1) is 11.6 Å². The van der Waals surface area contributed by atoms with Crippen LogP contribution in [0.25, 0.3) is 0 Å². The van der Waals surface area contributed by atoms with Gasteiger partial charge in [0.25, 0.3) is 0 Å². The lowest BCUT2D eigenvalue weighted by Gasteiger charge is -2.32. The molecular formula is C14H14F4N2O. The molecule has 1 saturated heterocycles. The zero-order valence-corrected chi connectivity index (χ0v) is 11.3. The molecule has 1 aliphatic rings. The molecule has 0 aromatic heterocycles. The van der Waals surface area contributed by atoms with E-state index in [9.17, 15) is 22.7 Å². The van der Waals surface area contributed by atoms with Crippen LogP contribution in [-0.2, 0) is 0 Å². The summed E-state index contributed by atoms with van der Waals surface area (Å²) in [6.45, 7) is 1.73. The van der Waals surface area contributed by atoms with E-state index in [1.165, 1.54) is 24.0 Å². The molecule has 0 spiro atoms. The number of hydrogen-bond acceptors (Lipinski definition) is 3. The van der Waals surface area contributed by atoms with Crippen LogP contribution in [0.1, 0.15) is 24.0 Å². The third-order valence-corrected chi connectivity index (χ3v) is 3.79. The van der Waals surface area contributed by atoms with Crippen molar-refractivity contribution < 1.29 is 22.7 Å². The van der Waals surface area contributed by atoms with Crippen molar-refractivity contribution in [3.05, 3.63) is 29.1 Å². The molecule has 2 rings (SSSR count). The maximum absolute atomic E-state index is 13.9. The molecule has 1 aromatic rings. The molecular weight excluding hydrogens is 288 g/mol. The summed E-state index contributed by atoms with van der Waals surface area (Å²) < 4.78 is 52.0. The third kappa shape index (κ3) is 2.81. The number of alkyl halides is 3. The lowest BCUT2D eigenvalue weighted by molar-refractivity contribution is -0.209. The number of anilines is 1. The van der Waals surface area contributed by atoms with E-state index in [4.69, 9.17) is 5.26 Å². The second kappa shape index (κ2) is 5.53. The summed E-state index contributed by atoms with van der Waals surface area (Å²) >= 11 is 0. The van der Waals surface area contributed by atoms with Gasteiger partial charge < -0.3 is 10.0 Å². The van der Waals surface area contributed by atoms with Crippen LogP contribution in [0.5, 0.6) is 0 Å².